The van der Waals surface area contributed by atoms with E-state index in [4.69, 9.17) is 4.74 Å². The van der Waals surface area contributed by atoms with Gasteiger partial charge in [-0.3, -0.25) is 14.5 Å². The molecule has 4 nitrogen and oxygen atoms in total. The van der Waals surface area contributed by atoms with Gasteiger partial charge in [0.25, 0.3) is 11.1 Å². The number of hydrogen-bond acceptors (Lipinski definition) is 4. The van der Waals surface area contributed by atoms with E-state index >= 15 is 0 Å². The summed E-state index contributed by atoms with van der Waals surface area (Å²) in [5.74, 6) is 0.378. The first-order chi connectivity index (χ1) is 10.1. The molecule has 1 heterocycles. The van der Waals surface area contributed by atoms with Crippen molar-refractivity contribution in [3.8, 4) is 5.75 Å². The molecule has 0 aliphatic carbocycles. The monoisotopic (exact) mass is 367 g/mol. The average molecular weight is 368 g/mol. The van der Waals surface area contributed by atoms with Crippen LogP contribution >= 0.6 is 27.7 Å². The minimum atomic E-state index is -0.262. The highest BCUT2D eigenvalue weighted by molar-refractivity contribution is 9.10. The van der Waals surface area contributed by atoms with Crippen LogP contribution in [0.1, 0.15) is 12.5 Å². The maximum absolute atomic E-state index is 12.1. The van der Waals surface area contributed by atoms with Gasteiger partial charge in [-0.25, -0.2) is 0 Å². The molecule has 0 saturated carbocycles. The van der Waals surface area contributed by atoms with E-state index in [0.29, 0.717) is 23.8 Å². The molecular formula is C15H14BrNO3S. The Morgan fingerprint density at radius 2 is 2.19 bits per heavy atom. The van der Waals surface area contributed by atoms with E-state index in [2.05, 4.69) is 22.5 Å². The lowest BCUT2D eigenvalue weighted by molar-refractivity contribution is -0.122. The number of likely N-dealkylation sites (N-methyl/N-ethyl adjacent to an activating group) is 1. The number of nitrogens with zero attached hydrogens (tertiary/aromatic N) is 1. The summed E-state index contributed by atoms with van der Waals surface area (Å²) in [6.45, 7) is 6.13. The molecule has 1 aliphatic heterocycles. The van der Waals surface area contributed by atoms with Crippen molar-refractivity contribution in [3.63, 3.8) is 0 Å². The van der Waals surface area contributed by atoms with Gasteiger partial charge in [0.15, 0.2) is 0 Å². The van der Waals surface area contributed by atoms with Crippen LogP contribution in [0.5, 0.6) is 5.75 Å². The lowest BCUT2D eigenvalue weighted by atomic mass is 10.2. The number of thioether (sulfide) groups is 1. The number of amides is 2. The van der Waals surface area contributed by atoms with Crippen molar-refractivity contribution in [1.29, 1.82) is 0 Å². The van der Waals surface area contributed by atoms with Gasteiger partial charge in [0.2, 0.25) is 0 Å². The standard InChI is InChI=1S/C15H14BrNO3S/c1-3-7-20-12-6-5-11(16)8-10(12)9-13-14(18)17(4-2)15(19)21-13/h3,5-6,8-9H,1,4,7H2,2H3/b13-9+. The Kier molecular flexibility index (Phi) is 5.25. The van der Waals surface area contributed by atoms with E-state index in [1.54, 1.807) is 19.1 Å². The molecule has 0 radical (unpaired) electrons. The first-order valence-corrected chi connectivity index (χ1v) is 7.96. The van der Waals surface area contributed by atoms with Crippen molar-refractivity contribution in [3.05, 3.63) is 45.8 Å². The zero-order chi connectivity index (χ0) is 15.4. The molecule has 2 rings (SSSR count). The zero-order valence-electron chi connectivity index (χ0n) is 11.5. The lowest BCUT2D eigenvalue weighted by Crippen LogP contribution is -2.27. The highest BCUT2D eigenvalue weighted by atomic mass is 79.9. The number of carbonyl (C=O) groups excluding carboxylic acids is 2. The number of ether oxygens (including phenoxy) is 1. The number of halogens is 1. The van der Waals surface area contributed by atoms with Gasteiger partial charge in [0, 0.05) is 16.6 Å². The molecule has 1 aromatic carbocycles. The second-order valence-electron chi connectivity index (χ2n) is 4.21. The largest absolute Gasteiger partial charge is 0.489 e. The molecule has 0 bridgehead atoms. The molecule has 6 heteroatoms. The van der Waals surface area contributed by atoms with Gasteiger partial charge >= 0.3 is 0 Å². The zero-order valence-corrected chi connectivity index (χ0v) is 13.9. The number of hydrogen-bond donors (Lipinski definition) is 0. The first-order valence-electron chi connectivity index (χ1n) is 6.35. The molecule has 1 fully saturated rings. The summed E-state index contributed by atoms with van der Waals surface area (Å²) in [4.78, 5) is 25.4. The topological polar surface area (TPSA) is 46.6 Å². The van der Waals surface area contributed by atoms with Gasteiger partial charge in [0.1, 0.15) is 12.4 Å². The van der Waals surface area contributed by atoms with Gasteiger partial charge < -0.3 is 4.74 Å². The lowest BCUT2D eigenvalue weighted by Gasteiger charge is -2.09. The Morgan fingerprint density at radius 1 is 1.43 bits per heavy atom. The van der Waals surface area contributed by atoms with E-state index in [9.17, 15) is 9.59 Å². The second kappa shape index (κ2) is 6.95. The molecule has 2 amide bonds. The van der Waals surface area contributed by atoms with Gasteiger partial charge in [0.05, 0.1) is 4.91 Å². The van der Waals surface area contributed by atoms with Crippen molar-refractivity contribution in [2.24, 2.45) is 0 Å². The van der Waals surface area contributed by atoms with Crippen LogP contribution in [0.25, 0.3) is 6.08 Å². The Bertz CT molecular complexity index is 627. The van der Waals surface area contributed by atoms with Gasteiger partial charge in [-0.1, -0.05) is 28.6 Å². The molecular weight excluding hydrogens is 354 g/mol. The summed E-state index contributed by atoms with van der Waals surface area (Å²) in [7, 11) is 0. The fraction of sp³-hybridized carbons (Fsp3) is 0.200. The van der Waals surface area contributed by atoms with Crippen molar-refractivity contribution in [2.75, 3.05) is 13.2 Å². The van der Waals surface area contributed by atoms with E-state index in [1.807, 2.05) is 18.2 Å². The van der Waals surface area contributed by atoms with Gasteiger partial charge in [-0.15, -0.1) is 0 Å². The molecule has 0 spiro atoms. The van der Waals surface area contributed by atoms with Crippen molar-refractivity contribution < 1.29 is 14.3 Å². The van der Waals surface area contributed by atoms with E-state index in [0.717, 1.165) is 21.8 Å². The number of imide groups is 1. The Balaban J connectivity index is 2.36. The summed E-state index contributed by atoms with van der Waals surface area (Å²) in [5, 5.41) is -0.239. The van der Waals surface area contributed by atoms with Crippen LogP contribution < -0.4 is 4.74 Å². The van der Waals surface area contributed by atoms with Gasteiger partial charge in [-0.2, -0.15) is 0 Å². The predicted octanol–water partition coefficient (Wildman–Crippen LogP) is 4.07. The maximum Gasteiger partial charge on any atom is 0.293 e. The van der Waals surface area contributed by atoms with Crippen LogP contribution in [0.4, 0.5) is 4.79 Å². The first kappa shape index (κ1) is 15.9. The highest BCUT2D eigenvalue weighted by Gasteiger charge is 2.33. The normalized spacial score (nSPS) is 16.7. The molecule has 0 aromatic heterocycles. The fourth-order valence-electron chi connectivity index (χ4n) is 1.83. The molecule has 21 heavy (non-hydrogen) atoms. The second-order valence-corrected chi connectivity index (χ2v) is 6.12. The third kappa shape index (κ3) is 3.57. The molecule has 1 aliphatic rings. The minimum absolute atomic E-state index is 0.239. The Labute approximate surface area is 136 Å². The quantitative estimate of drug-likeness (QED) is 0.581. The molecule has 0 atom stereocenters. The minimum Gasteiger partial charge on any atom is -0.489 e. The van der Waals surface area contributed by atoms with Crippen LogP contribution in [0.3, 0.4) is 0 Å². The van der Waals surface area contributed by atoms with Crippen LogP contribution in [0, 0.1) is 0 Å². The molecule has 110 valence electrons. The SMILES string of the molecule is C=CCOc1ccc(Br)cc1/C=C1/SC(=O)N(CC)C1=O. The average Bonchev–Trinajstić information content (AvgIpc) is 2.72. The molecule has 0 unspecified atom stereocenters. The fourth-order valence-corrected chi connectivity index (χ4v) is 3.10. The molecule has 0 N–H and O–H groups in total. The smallest absolute Gasteiger partial charge is 0.293 e. The third-order valence-corrected chi connectivity index (χ3v) is 4.21. The number of carbonyl (C=O) groups is 2. The van der Waals surface area contributed by atoms with Crippen LogP contribution in [-0.4, -0.2) is 29.2 Å². The Morgan fingerprint density at radius 3 is 2.81 bits per heavy atom. The molecule has 1 aromatic rings. The summed E-state index contributed by atoms with van der Waals surface area (Å²) < 4.78 is 6.43. The van der Waals surface area contributed by atoms with Crippen LogP contribution in [-0.2, 0) is 4.79 Å². The van der Waals surface area contributed by atoms with Crippen molar-refractivity contribution in [2.45, 2.75) is 6.92 Å². The number of rotatable bonds is 5. The highest BCUT2D eigenvalue weighted by Crippen LogP contribution is 2.34. The maximum atomic E-state index is 12.1. The number of benzene rings is 1. The van der Waals surface area contributed by atoms with Crippen LogP contribution in [0.2, 0.25) is 0 Å². The van der Waals surface area contributed by atoms with Crippen LogP contribution in [0.15, 0.2) is 40.2 Å². The summed E-state index contributed by atoms with van der Waals surface area (Å²) >= 11 is 4.34. The van der Waals surface area contributed by atoms with E-state index in [-0.39, 0.29) is 11.1 Å². The van der Waals surface area contributed by atoms with Gasteiger partial charge in [-0.05, 0) is 43.0 Å². The Hall–Kier alpha value is -1.53. The van der Waals surface area contributed by atoms with Crippen molar-refractivity contribution >= 4 is 44.9 Å². The third-order valence-electron chi connectivity index (χ3n) is 2.80. The van der Waals surface area contributed by atoms with E-state index < -0.39 is 0 Å². The summed E-state index contributed by atoms with van der Waals surface area (Å²) in [6, 6.07) is 5.51. The summed E-state index contributed by atoms with van der Waals surface area (Å²) in [5.41, 5.74) is 0.743. The summed E-state index contributed by atoms with van der Waals surface area (Å²) in [6.07, 6.45) is 3.33. The molecule has 1 saturated heterocycles. The predicted molar refractivity (Wildman–Crippen MR) is 88.2 cm³/mol. The van der Waals surface area contributed by atoms with E-state index in [1.165, 1.54) is 4.90 Å². The van der Waals surface area contributed by atoms with Crippen molar-refractivity contribution in [1.82, 2.24) is 4.90 Å².